The van der Waals surface area contributed by atoms with Gasteiger partial charge in [-0.2, -0.15) is 17.0 Å². The number of nitriles is 1. The fraction of sp³-hybridized carbons (Fsp3) is 0.278. The van der Waals surface area contributed by atoms with Gasteiger partial charge in [-0.25, -0.2) is 0 Å². The van der Waals surface area contributed by atoms with Crippen LogP contribution in [0.4, 0.5) is 11.4 Å². The zero-order valence-corrected chi connectivity index (χ0v) is 14.3. The monoisotopic (exact) mass is 343 g/mol. The van der Waals surface area contributed by atoms with Crippen molar-refractivity contribution in [3.8, 4) is 6.07 Å². The molecule has 0 saturated carbocycles. The molecule has 1 aliphatic heterocycles. The second-order valence-corrected chi connectivity index (χ2v) is 7.06. The average Bonchev–Trinajstić information content (AvgIpc) is 2.61. The Morgan fingerprint density at radius 2 is 1.87 bits per heavy atom. The van der Waals surface area contributed by atoms with Gasteiger partial charge in [-0.05, 0) is 35.9 Å². The molecule has 0 bridgehead atoms. The smallest absolute Gasteiger partial charge is 0.101 e. The van der Waals surface area contributed by atoms with Crippen LogP contribution in [-0.4, -0.2) is 24.6 Å². The maximum absolute atomic E-state index is 8.89. The Balaban J connectivity index is 1.60. The van der Waals surface area contributed by atoms with E-state index in [9.17, 15) is 0 Å². The van der Waals surface area contributed by atoms with Gasteiger partial charge in [0.1, 0.15) is 6.07 Å². The van der Waals surface area contributed by atoms with Crippen molar-refractivity contribution in [3.05, 3.63) is 58.6 Å². The van der Waals surface area contributed by atoms with E-state index in [1.54, 1.807) is 12.1 Å². The van der Waals surface area contributed by atoms with Gasteiger partial charge in [0.2, 0.25) is 0 Å². The highest BCUT2D eigenvalue weighted by atomic mass is 35.5. The maximum Gasteiger partial charge on any atom is 0.101 e. The van der Waals surface area contributed by atoms with Crippen LogP contribution >= 0.6 is 23.4 Å². The van der Waals surface area contributed by atoms with Crippen LogP contribution in [0.2, 0.25) is 5.02 Å². The summed E-state index contributed by atoms with van der Waals surface area (Å²) in [6, 6.07) is 16.2. The van der Waals surface area contributed by atoms with Crippen LogP contribution in [-0.2, 0) is 6.54 Å². The third-order valence-electron chi connectivity index (χ3n) is 3.90. The van der Waals surface area contributed by atoms with Crippen molar-refractivity contribution < 1.29 is 0 Å². The lowest BCUT2D eigenvalue weighted by molar-refractivity contribution is 0.858. The number of benzene rings is 2. The Labute approximate surface area is 146 Å². The first kappa shape index (κ1) is 16.0. The fourth-order valence-corrected chi connectivity index (χ4v) is 3.69. The fourth-order valence-electron chi connectivity index (χ4n) is 2.57. The van der Waals surface area contributed by atoms with E-state index in [1.807, 2.05) is 17.8 Å². The summed E-state index contributed by atoms with van der Waals surface area (Å²) < 4.78 is 0. The summed E-state index contributed by atoms with van der Waals surface area (Å²) in [5.74, 6) is 2.42. The van der Waals surface area contributed by atoms with Gasteiger partial charge in [-0.15, -0.1) is 0 Å². The van der Waals surface area contributed by atoms with Crippen molar-refractivity contribution in [2.75, 3.05) is 34.8 Å². The molecular weight excluding hydrogens is 326 g/mol. The van der Waals surface area contributed by atoms with Crippen molar-refractivity contribution >= 4 is 34.7 Å². The van der Waals surface area contributed by atoms with Gasteiger partial charge in [-0.3, -0.25) is 0 Å². The summed E-state index contributed by atoms with van der Waals surface area (Å²) in [5, 5.41) is 12.7. The van der Waals surface area contributed by atoms with Crippen LogP contribution < -0.4 is 10.2 Å². The van der Waals surface area contributed by atoms with Crippen LogP contribution in [0, 0.1) is 11.3 Å². The molecule has 1 saturated heterocycles. The first-order chi connectivity index (χ1) is 11.3. The summed E-state index contributed by atoms with van der Waals surface area (Å²) in [7, 11) is 0. The number of halogens is 1. The zero-order valence-electron chi connectivity index (χ0n) is 12.8. The van der Waals surface area contributed by atoms with Gasteiger partial charge >= 0.3 is 0 Å². The lowest BCUT2D eigenvalue weighted by atomic mass is 10.1. The lowest BCUT2D eigenvalue weighted by Gasteiger charge is -2.28. The highest BCUT2D eigenvalue weighted by molar-refractivity contribution is 7.99. The number of anilines is 2. The van der Waals surface area contributed by atoms with Crippen LogP contribution in [0.3, 0.4) is 0 Å². The summed E-state index contributed by atoms with van der Waals surface area (Å²) in [6.07, 6.45) is 0. The Morgan fingerprint density at radius 3 is 2.52 bits per heavy atom. The molecule has 2 aromatic carbocycles. The van der Waals surface area contributed by atoms with E-state index in [1.165, 1.54) is 22.8 Å². The molecule has 0 aromatic heterocycles. The normalized spacial score (nSPS) is 14.3. The van der Waals surface area contributed by atoms with E-state index in [-0.39, 0.29) is 0 Å². The second-order valence-electron chi connectivity index (χ2n) is 5.43. The Bertz CT molecular complexity index is 703. The Hall–Kier alpha value is -1.83. The lowest BCUT2D eigenvalue weighted by Crippen LogP contribution is -2.32. The average molecular weight is 344 g/mol. The third kappa shape index (κ3) is 4.13. The maximum atomic E-state index is 8.89. The molecule has 2 aromatic rings. The van der Waals surface area contributed by atoms with Gasteiger partial charge in [0, 0.05) is 42.5 Å². The van der Waals surface area contributed by atoms with E-state index in [0.717, 1.165) is 25.3 Å². The molecule has 118 valence electrons. The molecule has 3 rings (SSSR count). The molecule has 1 heterocycles. The predicted molar refractivity (Wildman–Crippen MR) is 99.5 cm³/mol. The first-order valence-corrected chi connectivity index (χ1v) is 9.15. The van der Waals surface area contributed by atoms with E-state index in [0.29, 0.717) is 10.6 Å². The largest absolute Gasteiger partial charge is 0.381 e. The van der Waals surface area contributed by atoms with Gasteiger partial charge in [-0.1, -0.05) is 23.7 Å². The molecular formula is C18H18ClN3S. The second kappa shape index (κ2) is 7.63. The molecule has 0 radical (unpaired) electrons. The minimum Gasteiger partial charge on any atom is -0.381 e. The highest BCUT2D eigenvalue weighted by Gasteiger charge is 2.10. The van der Waals surface area contributed by atoms with Crippen molar-refractivity contribution in [2.24, 2.45) is 0 Å². The minimum absolute atomic E-state index is 0.482. The topological polar surface area (TPSA) is 39.1 Å². The third-order valence-corrected chi connectivity index (χ3v) is 5.15. The molecule has 0 amide bonds. The van der Waals surface area contributed by atoms with Gasteiger partial charge in [0.25, 0.3) is 0 Å². The van der Waals surface area contributed by atoms with Crippen LogP contribution in [0.15, 0.2) is 42.5 Å². The molecule has 1 aliphatic rings. The zero-order chi connectivity index (χ0) is 16.1. The molecule has 0 aliphatic carbocycles. The van der Waals surface area contributed by atoms with Gasteiger partial charge < -0.3 is 10.2 Å². The Morgan fingerprint density at radius 1 is 1.13 bits per heavy atom. The van der Waals surface area contributed by atoms with Crippen LogP contribution in [0.1, 0.15) is 11.1 Å². The predicted octanol–water partition coefficient (Wildman–Crippen LogP) is 4.38. The quantitative estimate of drug-likeness (QED) is 0.894. The molecule has 3 nitrogen and oxygen atoms in total. The van der Waals surface area contributed by atoms with E-state index < -0.39 is 0 Å². The summed E-state index contributed by atoms with van der Waals surface area (Å²) in [4.78, 5) is 2.44. The van der Waals surface area contributed by atoms with E-state index >= 15 is 0 Å². The molecule has 0 unspecified atom stereocenters. The summed E-state index contributed by atoms with van der Waals surface area (Å²) >= 11 is 8.07. The number of hydrogen-bond donors (Lipinski definition) is 1. The summed E-state index contributed by atoms with van der Waals surface area (Å²) in [6.45, 7) is 3.00. The van der Waals surface area contributed by atoms with E-state index in [4.69, 9.17) is 16.9 Å². The number of thioether (sulfide) groups is 1. The molecule has 23 heavy (non-hydrogen) atoms. The number of nitrogens with zero attached hydrogens (tertiary/aromatic N) is 2. The van der Waals surface area contributed by atoms with Gasteiger partial charge in [0.05, 0.1) is 10.6 Å². The minimum atomic E-state index is 0.482. The van der Waals surface area contributed by atoms with Crippen LogP contribution in [0.25, 0.3) is 0 Å². The first-order valence-electron chi connectivity index (χ1n) is 7.61. The molecule has 0 spiro atoms. The van der Waals surface area contributed by atoms with Crippen molar-refractivity contribution in [1.82, 2.24) is 0 Å². The SMILES string of the molecule is N#Cc1ccc(NCc2ccc(N3CCSCC3)cc2)cc1Cl. The number of hydrogen-bond acceptors (Lipinski definition) is 4. The van der Waals surface area contributed by atoms with E-state index in [2.05, 4.69) is 40.6 Å². The van der Waals surface area contributed by atoms with Crippen molar-refractivity contribution in [2.45, 2.75) is 6.54 Å². The highest BCUT2D eigenvalue weighted by Crippen LogP contribution is 2.22. The standard InChI is InChI=1S/C18H18ClN3S/c19-18-11-16(4-3-15(18)12-20)21-13-14-1-5-17(6-2-14)22-7-9-23-10-8-22/h1-6,11,21H,7-10,13H2. The number of rotatable bonds is 4. The summed E-state index contributed by atoms with van der Waals surface area (Å²) in [5.41, 5.74) is 3.95. The molecule has 1 N–H and O–H groups in total. The number of nitrogens with one attached hydrogen (secondary N) is 1. The van der Waals surface area contributed by atoms with Crippen molar-refractivity contribution in [1.29, 1.82) is 5.26 Å². The van der Waals surface area contributed by atoms with Gasteiger partial charge in [0.15, 0.2) is 0 Å². The van der Waals surface area contributed by atoms with Crippen LogP contribution in [0.5, 0.6) is 0 Å². The molecule has 0 atom stereocenters. The van der Waals surface area contributed by atoms with Crippen molar-refractivity contribution in [3.63, 3.8) is 0 Å². The Kier molecular flexibility index (Phi) is 5.32. The molecule has 5 heteroatoms. The molecule has 1 fully saturated rings.